The van der Waals surface area contributed by atoms with Gasteiger partial charge in [-0.3, -0.25) is 5.32 Å². The van der Waals surface area contributed by atoms with Gasteiger partial charge in [0.2, 0.25) is 0 Å². The van der Waals surface area contributed by atoms with Crippen molar-refractivity contribution in [3.8, 4) is 0 Å². The van der Waals surface area contributed by atoms with Gasteiger partial charge in [-0.25, -0.2) is 0 Å². The van der Waals surface area contributed by atoms with Gasteiger partial charge in [0.05, 0.1) is 4.99 Å². The second kappa shape index (κ2) is 6.50. The third kappa shape index (κ3) is 4.88. The van der Waals surface area contributed by atoms with Crippen LogP contribution in [0, 0.1) is 0 Å². The van der Waals surface area contributed by atoms with E-state index in [1.54, 1.807) is 0 Å². The molecule has 82 valence electrons. The van der Waals surface area contributed by atoms with Gasteiger partial charge >= 0.3 is 0 Å². The SMILES string of the molecule is CCNC(O)CC(=S)Nc1ccccc1. The van der Waals surface area contributed by atoms with Gasteiger partial charge in [0, 0.05) is 12.1 Å². The topological polar surface area (TPSA) is 44.3 Å². The summed E-state index contributed by atoms with van der Waals surface area (Å²) in [7, 11) is 0. The van der Waals surface area contributed by atoms with Crippen molar-refractivity contribution >= 4 is 22.9 Å². The Labute approximate surface area is 95.5 Å². The molecule has 0 amide bonds. The van der Waals surface area contributed by atoms with Crippen molar-refractivity contribution in [1.29, 1.82) is 0 Å². The van der Waals surface area contributed by atoms with Crippen molar-refractivity contribution < 1.29 is 5.11 Å². The molecule has 0 aromatic heterocycles. The summed E-state index contributed by atoms with van der Waals surface area (Å²) < 4.78 is 0. The van der Waals surface area contributed by atoms with Gasteiger partial charge in [-0.05, 0) is 18.7 Å². The van der Waals surface area contributed by atoms with Crippen LogP contribution in [0.5, 0.6) is 0 Å². The lowest BCUT2D eigenvalue weighted by Gasteiger charge is -2.13. The summed E-state index contributed by atoms with van der Waals surface area (Å²) in [5.74, 6) is 0. The molecule has 4 heteroatoms. The third-order valence-corrected chi connectivity index (χ3v) is 2.14. The molecule has 1 atom stereocenters. The maximum absolute atomic E-state index is 9.46. The zero-order chi connectivity index (χ0) is 11.1. The molecule has 1 unspecified atom stereocenters. The van der Waals surface area contributed by atoms with Gasteiger partial charge in [0.25, 0.3) is 0 Å². The van der Waals surface area contributed by atoms with E-state index in [2.05, 4.69) is 10.6 Å². The fourth-order valence-electron chi connectivity index (χ4n) is 1.22. The Morgan fingerprint density at radius 3 is 2.67 bits per heavy atom. The number of hydrogen-bond donors (Lipinski definition) is 3. The van der Waals surface area contributed by atoms with Crippen LogP contribution >= 0.6 is 12.2 Å². The van der Waals surface area contributed by atoms with E-state index in [1.165, 1.54) is 0 Å². The molecule has 0 bridgehead atoms. The molecular weight excluding hydrogens is 208 g/mol. The van der Waals surface area contributed by atoms with Crippen molar-refractivity contribution in [2.45, 2.75) is 19.6 Å². The lowest BCUT2D eigenvalue weighted by Crippen LogP contribution is -2.32. The molecule has 3 N–H and O–H groups in total. The molecule has 0 radical (unpaired) electrons. The van der Waals surface area contributed by atoms with E-state index in [-0.39, 0.29) is 0 Å². The highest BCUT2D eigenvalue weighted by molar-refractivity contribution is 7.80. The van der Waals surface area contributed by atoms with Crippen LogP contribution in [0.3, 0.4) is 0 Å². The number of thiocarbonyl (C=S) groups is 1. The highest BCUT2D eigenvalue weighted by Gasteiger charge is 2.05. The molecule has 0 heterocycles. The maximum atomic E-state index is 9.46. The summed E-state index contributed by atoms with van der Waals surface area (Å²) in [5, 5.41) is 15.4. The van der Waals surface area contributed by atoms with E-state index in [0.29, 0.717) is 11.4 Å². The van der Waals surface area contributed by atoms with Crippen LogP contribution in [-0.4, -0.2) is 22.9 Å². The molecule has 1 aromatic carbocycles. The molecule has 0 aliphatic carbocycles. The summed E-state index contributed by atoms with van der Waals surface area (Å²) >= 11 is 5.12. The standard InChI is InChI=1S/C11H16N2OS/c1-2-12-10(14)8-11(15)13-9-6-4-3-5-7-9/h3-7,10,12,14H,2,8H2,1H3,(H,13,15). The number of hydrogen-bond acceptors (Lipinski definition) is 3. The molecule has 0 saturated heterocycles. The fraction of sp³-hybridized carbons (Fsp3) is 0.364. The summed E-state index contributed by atoms with van der Waals surface area (Å²) in [4.78, 5) is 0.634. The van der Waals surface area contributed by atoms with Gasteiger partial charge < -0.3 is 10.4 Å². The van der Waals surface area contributed by atoms with Crippen LogP contribution in [0.15, 0.2) is 30.3 Å². The molecule has 3 nitrogen and oxygen atoms in total. The number of nitrogens with one attached hydrogen (secondary N) is 2. The smallest absolute Gasteiger partial charge is 0.111 e. The minimum absolute atomic E-state index is 0.429. The van der Waals surface area contributed by atoms with Crippen LogP contribution in [0.1, 0.15) is 13.3 Å². The van der Waals surface area contributed by atoms with Gasteiger partial charge in [0.1, 0.15) is 6.23 Å². The minimum Gasteiger partial charge on any atom is -0.378 e. The van der Waals surface area contributed by atoms with Crippen LogP contribution in [0.2, 0.25) is 0 Å². The van der Waals surface area contributed by atoms with Crippen molar-refractivity contribution in [2.24, 2.45) is 0 Å². The van der Waals surface area contributed by atoms with E-state index in [9.17, 15) is 5.11 Å². The predicted octanol–water partition coefficient (Wildman–Crippen LogP) is 1.74. The van der Waals surface area contributed by atoms with Crippen molar-refractivity contribution in [3.05, 3.63) is 30.3 Å². The van der Waals surface area contributed by atoms with Gasteiger partial charge in [0.15, 0.2) is 0 Å². The van der Waals surface area contributed by atoms with Crippen molar-refractivity contribution in [3.63, 3.8) is 0 Å². The summed E-state index contributed by atoms with van der Waals surface area (Å²) in [6, 6.07) is 9.69. The Morgan fingerprint density at radius 2 is 2.07 bits per heavy atom. The number of benzene rings is 1. The molecule has 1 aromatic rings. The van der Waals surface area contributed by atoms with Gasteiger partial charge in [-0.15, -0.1) is 0 Å². The van der Waals surface area contributed by atoms with Crippen LogP contribution in [0.25, 0.3) is 0 Å². The first-order valence-corrected chi connectivity index (χ1v) is 5.39. The average Bonchev–Trinajstić information content (AvgIpc) is 2.19. The summed E-state index contributed by atoms with van der Waals surface area (Å²) in [5.41, 5.74) is 0.950. The monoisotopic (exact) mass is 224 g/mol. The largest absolute Gasteiger partial charge is 0.378 e. The highest BCUT2D eigenvalue weighted by atomic mass is 32.1. The highest BCUT2D eigenvalue weighted by Crippen LogP contribution is 2.06. The van der Waals surface area contributed by atoms with E-state index in [4.69, 9.17) is 12.2 Å². The molecule has 0 aliphatic heterocycles. The minimum atomic E-state index is -0.571. The summed E-state index contributed by atoms with van der Waals surface area (Å²) in [6.07, 6.45) is -0.142. The quantitative estimate of drug-likeness (QED) is 0.526. The second-order valence-corrected chi connectivity index (χ2v) is 3.68. The van der Waals surface area contributed by atoms with Crippen LogP contribution < -0.4 is 10.6 Å². The Hall–Kier alpha value is -0.970. The Kier molecular flexibility index (Phi) is 5.25. The third-order valence-electron chi connectivity index (χ3n) is 1.88. The maximum Gasteiger partial charge on any atom is 0.111 e. The first-order valence-electron chi connectivity index (χ1n) is 4.98. The first kappa shape index (κ1) is 12.1. The fourth-order valence-corrected chi connectivity index (χ4v) is 1.49. The zero-order valence-electron chi connectivity index (χ0n) is 8.73. The number of para-hydroxylation sites is 1. The van der Waals surface area contributed by atoms with E-state index >= 15 is 0 Å². The van der Waals surface area contributed by atoms with Crippen molar-refractivity contribution in [2.75, 3.05) is 11.9 Å². The second-order valence-electron chi connectivity index (χ2n) is 3.19. The number of aliphatic hydroxyl groups is 1. The number of aliphatic hydroxyl groups excluding tert-OH is 1. The van der Waals surface area contributed by atoms with Crippen LogP contribution in [-0.2, 0) is 0 Å². The normalized spacial score (nSPS) is 12.1. The predicted molar refractivity (Wildman–Crippen MR) is 67.0 cm³/mol. The van der Waals surface area contributed by atoms with Crippen LogP contribution in [0.4, 0.5) is 5.69 Å². The van der Waals surface area contributed by atoms with E-state index in [1.807, 2.05) is 37.3 Å². The zero-order valence-corrected chi connectivity index (χ0v) is 9.55. The molecule has 0 fully saturated rings. The van der Waals surface area contributed by atoms with Gasteiger partial charge in [-0.1, -0.05) is 37.3 Å². The first-order chi connectivity index (χ1) is 7.22. The van der Waals surface area contributed by atoms with E-state index < -0.39 is 6.23 Å². The Morgan fingerprint density at radius 1 is 1.40 bits per heavy atom. The lowest BCUT2D eigenvalue weighted by atomic mass is 10.3. The molecule has 1 rings (SSSR count). The Bertz CT molecular complexity index is 303. The summed E-state index contributed by atoms with van der Waals surface area (Å²) in [6.45, 7) is 2.67. The van der Waals surface area contributed by atoms with E-state index in [0.717, 1.165) is 12.2 Å². The molecular formula is C11H16N2OS. The number of rotatable bonds is 5. The average molecular weight is 224 g/mol. The molecule has 0 aliphatic rings. The Balaban J connectivity index is 2.36. The van der Waals surface area contributed by atoms with Gasteiger partial charge in [-0.2, -0.15) is 0 Å². The molecule has 0 spiro atoms. The lowest BCUT2D eigenvalue weighted by molar-refractivity contribution is 0.148. The molecule has 15 heavy (non-hydrogen) atoms. The molecule has 0 saturated carbocycles. The van der Waals surface area contributed by atoms with Crippen molar-refractivity contribution in [1.82, 2.24) is 5.32 Å². The number of anilines is 1.